The molecule has 2 aromatic rings. The molecule has 11 heteroatoms. The van der Waals surface area contributed by atoms with Crippen LogP contribution in [-0.4, -0.2) is 108 Å². The fourth-order valence-electron chi connectivity index (χ4n) is 6.03. The Hall–Kier alpha value is -3.44. The molecule has 1 fully saturated rings. The SMILES string of the molecule is CCCCN(CCCCN(C)C)C(=O)CN1CC(c2cc(OC)c3c(c2)OCO3)C(C(=O)O)C1CCc1ccncn1. The van der Waals surface area contributed by atoms with Crippen LogP contribution in [0, 0.1) is 5.92 Å². The average molecular weight is 584 g/mol. The molecule has 0 aliphatic carbocycles. The van der Waals surface area contributed by atoms with Crippen LogP contribution in [0.3, 0.4) is 0 Å². The number of carboxylic acid groups (broad SMARTS) is 1. The number of rotatable bonds is 16. The molecular weight excluding hydrogens is 538 g/mol. The first-order valence-electron chi connectivity index (χ1n) is 14.9. The molecule has 1 amide bonds. The lowest BCUT2D eigenvalue weighted by atomic mass is 9.83. The van der Waals surface area contributed by atoms with Crippen LogP contribution in [0.2, 0.25) is 0 Å². The minimum atomic E-state index is -0.884. The van der Waals surface area contributed by atoms with Gasteiger partial charge in [-0.15, -0.1) is 0 Å². The largest absolute Gasteiger partial charge is 0.493 e. The number of carboxylic acids is 1. The van der Waals surface area contributed by atoms with Crippen molar-refractivity contribution < 1.29 is 28.9 Å². The van der Waals surface area contributed by atoms with Crippen molar-refractivity contribution >= 4 is 11.9 Å². The number of nitrogens with zero attached hydrogens (tertiary/aromatic N) is 5. The third kappa shape index (κ3) is 7.89. The molecule has 230 valence electrons. The first kappa shape index (κ1) is 31.5. The smallest absolute Gasteiger partial charge is 0.308 e. The fraction of sp³-hybridized carbons (Fsp3) is 0.613. The van der Waals surface area contributed by atoms with Gasteiger partial charge in [0, 0.05) is 43.5 Å². The van der Waals surface area contributed by atoms with Gasteiger partial charge in [0.1, 0.15) is 6.33 Å². The van der Waals surface area contributed by atoms with Crippen molar-refractivity contribution in [3.05, 3.63) is 42.0 Å². The van der Waals surface area contributed by atoms with Crippen LogP contribution in [0.15, 0.2) is 30.7 Å². The van der Waals surface area contributed by atoms with Gasteiger partial charge in [0.05, 0.1) is 19.6 Å². The molecule has 11 nitrogen and oxygen atoms in total. The monoisotopic (exact) mass is 583 g/mol. The van der Waals surface area contributed by atoms with Gasteiger partial charge < -0.3 is 29.1 Å². The number of carbonyl (C=O) groups is 2. The van der Waals surface area contributed by atoms with Crippen molar-refractivity contribution in [3.63, 3.8) is 0 Å². The maximum Gasteiger partial charge on any atom is 0.308 e. The van der Waals surface area contributed by atoms with Gasteiger partial charge in [0.2, 0.25) is 18.4 Å². The van der Waals surface area contributed by atoms with Gasteiger partial charge in [-0.3, -0.25) is 14.5 Å². The fourth-order valence-corrected chi connectivity index (χ4v) is 6.03. The van der Waals surface area contributed by atoms with Gasteiger partial charge >= 0.3 is 5.97 Å². The molecule has 0 saturated carbocycles. The number of methoxy groups -OCH3 is 1. The number of hydrogen-bond acceptors (Lipinski definition) is 9. The van der Waals surface area contributed by atoms with Gasteiger partial charge in [0.25, 0.3) is 0 Å². The van der Waals surface area contributed by atoms with Gasteiger partial charge in [-0.1, -0.05) is 13.3 Å². The Morgan fingerprint density at radius 2 is 1.93 bits per heavy atom. The number of aliphatic carboxylic acids is 1. The van der Waals surface area contributed by atoms with Gasteiger partial charge in [0.15, 0.2) is 11.5 Å². The minimum absolute atomic E-state index is 0.0494. The zero-order valence-electron chi connectivity index (χ0n) is 25.3. The molecule has 42 heavy (non-hydrogen) atoms. The number of hydrogen-bond donors (Lipinski definition) is 1. The first-order chi connectivity index (χ1) is 20.3. The summed E-state index contributed by atoms with van der Waals surface area (Å²) >= 11 is 0. The molecule has 4 rings (SSSR count). The van der Waals surface area contributed by atoms with E-state index >= 15 is 0 Å². The Morgan fingerprint density at radius 1 is 1.14 bits per heavy atom. The molecule has 1 saturated heterocycles. The summed E-state index contributed by atoms with van der Waals surface area (Å²) in [5, 5.41) is 10.6. The summed E-state index contributed by atoms with van der Waals surface area (Å²) in [6.45, 7) is 5.22. The molecule has 1 aromatic carbocycles. The van der Waals surface area contributed by atoms with Crippen LogP contribution in [0.4, 0.5) is 0 Å². The first-order valence-corrected chi connectivity index (χ1v) is 14.9. The number of benzene rings is 1. The molecule has 3 atom stereocenters. The van der Waals surface area contributed by atoms with E-state index in [-0.39, 0.29) is 31.2 Å². The number of aromatic nitrogens is 2. The van der Waals surface area contributed by atoms with Crippen LogP contribution >= 0.6 is 0 Å². The van der Waals surface area contributed by atoms with Crippen LogP contribution in [0.25, 0.3) is 0 Å². The highest BCUT2D eigenvalue weighted by Crippen LogP contribution is 2.47. The van der Waals surface area contributed by atoms with Gasteiger partial charge in [-0.2, -0.15) is 0 Å². The Kier molecular flexibility index (Phi) is 11.4. The van der Waals surface area contributed by atoms with E-state index in [9.17, 15) is 14.7 Å². The normalized spacial score (nSPS) is 19.8. The summed E-state index contributed by atoms with van der Waals surface area (Å²) in [6.07, 6.45) is 8.22. The van der Waals surface area contributed by atoms with Crippen molar-refractivity contribution in [2.45, 2.75) is 57.4 Å². The summed E-state index contributed by atoms with van der Waals surface area (Å²) in [4.78, 5) is 41.2. The molecule has 0 radical (unpaired) electrons. The van der Waals surface area contributed by atoms with Crippen molar-refractivity contribution in [3.8, 4) is 17.2 Å². The molecule has 3 heterocycles. The Balaban J connectivity index is 1.59. The third-order valence-electron chi connectivity index (χ3n) is 8.24. The summed E-state index contributed by atoms with van der Waals surface area (Å²) in [6, 6.07) is 5.20. The van der Waals surface area contributed by atoms with Crippen LogP contribution in [0.5, 0.6) is 17.2 Å². The predicted molar refractivity (Wildman–Crippen MR) is 158 cm³/mol. The van der Waals surface area contributed by atoms with Crippen molar-refractivity contribution in [2.24, 2.45) is 5.92 Å². The summed E-state index contributed by atoms with van der Waals surface area (Å²) in [7, 11) is 5.67. The highest BCUT2D eigenvalue weighted by Gasteiger charge is 2.47. The average Bonchev–Trinajstić information content (AvgIpc) is 3.60. The van der Waals surface area contributed by atoms with Crippen LogP contribution in [0.1, 0.15) is 56.2 Å². The summed E-state index contributed by atoms with van der Waals surface area (Å²) in [5.74, 6) is -0.339. The van der Waals surface area contributed by atoms with Crippen LogP contribution in [-0.2, 0) is 16.0 Å². The zero-order chi connectivity index (χ0) is 30.1. The lowest BCUT2D eigenvalue weighted by Crippen LogP contribution is -2.45. The lowest BCUT2D eigenvalue weighted by molar-refractivity contribution is -0.143. The maximum atomic E-state index is 13.8. The molecule has 3 unspecified atom stereocenters. The van der Waals surface area contributed by atoms with Crippen molar-refractivity contribution in [1.29, 1.82) is 0 Å². The van der Waals surface area contributed by atoms with Crippen molar-refractivity contribution in [1.82, 2.24) is 24.7 Å². The van der Waals surface area contributed by atoms with E-state index < -0.39 is 11.9 Å². The number of likely N-dealkylation sites (tertiary alicyclic amines) is 1. The molecule has 1 aromatic heterocycles. The van der Waals surface area contributed by atoms with Crippen molar-refractivity contribution in [2.75, 3.05) is 60.7 Å². The second kappa shape index (κ2) is 15.2. The maximum absolute atomic E-state index is 13.8. The molecule has 0 bridgehead atoms. The van der Waals surface area contributed by atoms with E-state index in [4.69, 9.17) is 14.2 Å². The molecule has 2 aliphatic rings. The standard InChI is InChI=1S/C31H45N5O6/c1-5-6-14-35(15-8-7-13-34(2)3)28(37)19-36-18-24(22-16-26(40-4)30-27(17-22)41-21-42-30)29(31(38)39)25(36)10-9-23-11-12-32-20-33-23/h11-12,16-17,20,24-25,29H,5-10,13-15,18-19,21H2,1-4H3,(H,38,39). The van der Waals surface area contributed by atoms with E-state index in [2.05, 4.69) is 40.8 Å². The topological polar surface area (TPSA) is 118 Å². The number of fused-ring (bicyclic) bond motifs is 1. The molecular formula is C31H45N5O6. The molecule has 2 aliphatic heterocycles. The number of unbranched alkanes of at least 4 members (excludes halogenated alkanes) is 2. The predicted octanol–water partition coefficient (Wildman–Crippen LogP) is 3.29. The Morgan fingerprint density at radius 3 is 2.62 bits per heavy atom. The number of aryl methyl sites for hydroxylation is 1. The summed E-state index contributed by atoms with van der Waals surface area (Å²) < 4.78 is 16.8. The minimum Gasteiger partial charge on any atom is -0.493 e. The number of carbonyl (C=O) groups excluding carboxylic acids is 1. The highest BCUT2D eigenvalue weighted by molar-refractivity contribution is 5.79. The zero-order valence-corrected chi connectivity index (χ0v) is 25.3. The van der Waals surface area contributed by atoms with Gasteiger partial charge in [-0.05, 0) is 76.5 Å². The second-order valence-corrected chi connectivity index (χ2v) is 11.4. The molecule has 1 N–H and O–H groups in total. The quantitative estimate of drug-likeness (QED) is 0.295. The number of amides is 1. The van der Waals surface area contributed by atoms with Crippen LogP contribution < -0.4 is 14.2 Å². The summed E-state index contributed by atoms with van der Waals surface area (Å²) in [5.41, 5.74) is 1.65. The van der Waals surface area contributed by atoms with Gasteiger partial charge in [-0.25, -0.2) is 9.97 Å². The second-order valence-electron chi connectivity index (χ2n) is 11.4. The van der Waals surface area contributed by atoms with E-state index in [1.54, 1.807) is 13.3 Å². The van der Waals surface area contributed by atoms with E-state index in [0.717, 1.165) is 43.5 Å². The lowest BCUT2D eigenvalue weighted by Gasteiger charge is -2.30. The van der Waals surface area contributed by atoms with E-state index in [0.29, 0.717) is 49.7 Å². The van der Waals surface area contributed by atoms with E-state index in [1.165, 1.54) is 6.33 Å². The Labute approximate surface area is 248 Å². The van der Waals surface area contributed by atoms with E-state index in [1.807, 2.05) is 23.1 Å². The highest BCUT2D eigenvalue weighted by atomic mass is 16.7. The third-order valence-corrected chi connectivity index (χ3v) is 8.24. The molecule has 0 spiro atoms. The Bertz CT molecular complexity index is 1180. The number of ether oxygens (including phenoxy) is 3.